The Morgan fingerprint density at radius 2 is 1.88 bits per heavy atom. The molecule has 1 aliphatic heterocycles. The highest BCUT2D eigenvalue weighted by atomic mass is 32.1. The molecule has 2 heterocycles. The Labute approximate surface area is 151 Å². The van der Waals surface area contributed by atoms with E-state index in [1.807, 2.05) is 30.3 Å². The molecule has 1 atom stereocenters. The molecule has 0 bridgehead atoms. The predicted octanol–water partition coefficient (Wildman–Crippen LogP) is 4.43. The summed E-state index contributed by atoms with van der Waals surface area (Å²) in [5.41, 5.74) is 3.37. The Morgan fingerprint density at radius 1 is 1.08 bits per heavy atom. The number of aromatic nitrogens is 1. The second-order valence-corrected chi connectivity index (χ2v) is 6.91. The number of rotatable bonds is 5. The molecule has 1 N–H and O–H groups in total. The molecule has 4 nitrogen and oxygen atoms in total. The van der Waals surface area contributed by atoms with E-state index in [-0.39, 0.29) is 6.04 Å². The normalized spacial score (nSPS) is 14.3. The lowest BCUT2D eigenvalue weighted by Crippen LogP contribution is -2.19. The monoisotopic (exact) mass is 352 g/mol. The first-order valence-electron chi connectivity index (χ1n) is 8.42. The van der Waals surface area contributed by atoms with E-state index in [0.29, 0.717) is 13.2 Å². The van der Waals surface area contributed by atoms with Crippen molar-refractivity contribution in [1.29, 1.82) is 0 Å². The van der Waals surface area contributed by atoms with Crippen molar-refractivity contribution < 1.29 is 9.47 Å². The SMILES string of the molecule is CC(NCc1ccc2c(c1)OCCO2)c1nc(-c2ccccc2)cs1. The van der Waals surface area contributed by atoms with Crippen molar-refractivity contribution in [2.75, 3.05) is 13.2 Å². The van der Waals surface area contributed by atoms with Crippen LogP contribution >= 0.6 is 11.3 Å². The van der Waals surface area contributed by atoms with E-state index >= 15 is 0 Å². The second-order valence-electron chi connectivity index (χ2n) is 6.02. The molecular formula is C20H20N2O2S. The number of fused-ring (bicyclic) bond motifs is 1. The first kappa shape index (κ1) is 16.1. The first-order chi connectivity index (χ1) is 12.3. The van der Waals surface area contributed by atoms with Crippen molar-refractivity contribution in [3.8, 4) is 22.8 Å². The van der Waals surface area contributed by atoms with E-state index < -0.39 is 0 Å². The summed E-state index contributed by atoms with van der Waals surface area (Å²) in [6.45, 7) is 4.14. The molecule has 0 radical (unpaired) electrons. The maximum Gasteiger partial charge on any atom is 0.161 e. The molecule has 2 aromatic carbocycles. The lowest BCUT2D eigenvalue weighted by molar-refractivity contribution is 0.171. The van der Waals surface area contributed by atoms with Crippen LogP contribution in [0.3, 0.4) is 0 Å². The third-order valence-electron chi connectivity index (χ3n) is 4.18. The van der Waals surface area contributed by atoms with Crippen LogP contribution in [0.4, 0.5) is 0 Å². The molecule has 128 valence electrons. The van der Waals surface area contributed by atoms with E-state index in [9.17, 15) is 0 Å². The van der Waals surface area contributed by atoms with Crippen molar-refractivity contribution in [2.24, 2.45) is 0 Å². The zero-order valence-corrected chi connectivity index (χ0v) is 14.9. The fraction of sp³-hybridized carbons (Fsp3) is 0.250. The van der Waals surface area contributed by atoms with Crippen molar-refractivity contribution in [3.05, 3.63) is 64.5 Å². The number of hydrogen-bond donors (Lipinski definition) is 1. The molecule has 0 fully saturated rings. The van der Waals surface area contributed by atoms with E-state index in [0.717, 1.165) is 34.3 Å². The van der Waals surface area contributed by atoms with Crippen LogP contribution in [0.1, 0.15) is 23.5 Å². The molecule has 3 aromatic rings. The number of ether oxygens (including phenoxy) is 2. The highest BCUT2D eigenvalue weighted by Crippen LogP contribution is 2.31. The summed E-state index contributed by atoms with van der Waals surface area (Å²) in [5, 5.41) is 6.75. The van der Waals surface area contributed by atoms with Crippen LogP contribution in [0.2, 0.25) is 0 Å². The number of nitrogens with zero attached hydrogens (tertiary/aromatic N) is 1. The van der Waals surface area contributed by atoms with Gasteiger partial charge in [0.25, 0.3) is 0 Å². The van der Waals surface area contributed by atoms with E-state index in [4.69, 9.17) is 14.5 Å². The van der Waals surface area contributed by atoms with Gasteiger partial charge in [-0.05, 0) is 24.6 Å². The zero-order valence-electron chi connectivity index (χ0n) is 14.1. The van der Waals surface area contributed by atoms with Crippen molar-refractivity contribution in [1.82, 2.24) is 10.3 Å². The van der Waals surface area contributed by atoms with Crippen molar-refractivity contribution in [3.63, 3.8) is 0 Å². The topological polar surface area (TPSA) is 43.4 Å². The summed E-state index contributed by atoms with van der Waals surface area (Å²) in [6.07, 6.45) is 0. The molecule has 0 saturated heterocycles. The molecule has 0 spiro atoms. The van der Waals surface area contributed by atoms with Gasteiger partial charge in [0.1, 0.15) is 18.2 Å². The zero-order chi connectivity index (χ0) is 17.1. The van der Waals surface area contributed by atoms with Crippen LogP contribution < -0.4 is 14.8 Å². The number of hydrogen-bond acceptors (Lipinski definition) is 5. The first-order valence-corrected chi connectivity index (χ1v) is 9.30. The fourth-order valence-corrected chi connectivity index (χ4v) is 3.64. The average molecular weight is 352 g/mol. The summed E-state index contributed by atoms with van der Waals surface area (Å²) in [5.74, 6) is 1.66. The molecule has 0 amide bonds. The summed E-state index contributed by atoms with van der Waals surface area (Å²) in [6, 6.07) is 16.6. The van der Waals surface area contributed by atoms with Gasteiger partial charge in [0, 0.05) is 17.5 Å². The standard InChI is InChI=1S/C20H20N2O2S/c1-14(20-22-17(13-25-20)16-5-3-2-4-6-16)21-12-15-7-8-18-19(11-15)24-10-9-23-18/h2-8,11,13-14,21H,9-10,12H2,1H3. The average Bonchev–Trinajstić information content (AvgIpc) is 3.17. The molecule has 0 saturated carbocycles. The minimum atomic E-state index is 0.190. The molecular weight excluding hydrogens is 332 g/mol. The van der Waals surface area contributed by atoms with Gasteiger partial charge in [0.05, 0.1) is 11.7 Å². The Kier molecular flexibility index (Phi) is 4.68. The lowest BCUT2D eigenvalue weighted by Gasteiger charge is -2.19. The maximum atomic E-state index is 5.64. The van der Waals surface area contributed by atoms with Crippen molar-refractivity contribution >= 4 is 11.3 Å². The maximum absolute atomic E-state index is 5.64. The third-order valence-corrected chi connectivity index (χ3v) is 5.21. The number of nitrogens with one attached hydrogen (secondary N) is 1. The largest absolute Gasteiger partial charge is 0.486 e. The third kappa shape index (κ3) is 3.67. The smallest absolute Gasteiger partial charge is 0.161 e. The van der Waals surface area contributed by atoms with Gasteiger partial charge in [-0.15, -0.1) is 11.3 Å². The molecule has 5 heteroatoms. The minimum Gasteiger partial charge on any atom is -0.486 e. The van der Waals surface area contributed by atoms with Gasteiger partial charge in [-0.3, -0.25) is 0 Å². The molecule has 0 aliphatic carbocycles. The van der Waals surface area contributed by atoms with Crippen LogP contribution in [0.25, 0.3) is 11.3 Å². The minimum absolute atomic E-state index is 0.190. The van der Waals surface area contributed by atoms with Crippen LogP contribution in [0, 0.1) is 0 Å². The van der Waals surface area contributed by atoms with Gasteiger partial charge < -0.3 is 14.8 Å². The van der Waals surface area contributed by atoms with Gasteiger partial charge in [0.15, 0.2) is 11.5 Å². The van der Waals surface area contributed by atoms with Crippen molar-refractivity contribution in [2.45, 2.75) is 19.5 Å². The summed E-state index contributed by atoms with van der Waals surface area (Å²) in [7, 11) is 0. The van der Waals surface area contributed by atoms with Gasteiger partial charge in [0.2, 0.25) is 0 Å². The van der Waals surface area contributed by atoms with Gasteiger partial charge >= 0.3 is 0 Å². The Balaban J connectivity index is 1.41. The number of benzene rings is 2. The van der Waals surface area contributed by atoms with Gasteiger partial charge in [-0.25, -0.2) is 4.98 Å². The predicted molar refractivity (Wildman–Crippen MR) is 100 cm³/mol. The Hall–Kier alpha value is -2.37. The molecule has 1 aliphatic rings. The quantitative estimate of drug-likeness (QED) is 0.738. The Morgan fingerprint density at radius 3 is 2.72 bits per heavy atom. The second kappa shape index (κ2) is 7.25. The van der Waals surface area contributed by atoms with Crippen LogP contribution in [0.15, 0.2) is 53.9 Å². The molecule has 4 rings (SSSR count). The van der Waals surface area contributed by atoms with Gasteiger partial charge in [-0.2, -0.15) is 0 Å². The summed E-state index contributed by atoms with van der Waals surface area (Å²) < 4.78 is 11.2. The van der Waals surface area contributed by atoms with E-state index in [2.05, 4.69) is 35.8 Å². The van der Waals surface area contributed by atoms with Crippen LogP contribution in [-0.4, -0.2) is 18.2 Å². The Bertz CT molecular complexity index is 848. The number of thiazole rings is 1. The molecule has 1 aromatic heterocycles. The highest BCUT2D eigenvalue weighted by Gasteiger charge is 2.14. The van der Waals surface area contributed by atoms with Crippen LogP contribution in [-0.2, 0) is 6.54 Å². The van der Waals surface area contributed by atoms with Gasteiger partial charge in [-0.1, -0.05) is 36.4 Å². The molecule has 25 heavy (non-hydrogen) atoms. The van der Waals surface area contributed by atoms with Crippen LogP contribution in [0.5, 0.6) is 11.5 Å². The summed E-state index contributed by atoms with van der Waals surface area (Å²) in [4.78, 5) is 4.77. The fourth-order valence-electron chi connectivity index (χ4n) is 2.78. The highest BCUT2D eigenvalue weighted by molar-refractivity contribution is 7.10. The molecule has 1 unspecified atom stereocenters. The lowest BCUT2D eigenvalue weighted by atomic mass is 10.1. The van der Waals surface area contributed by atoms with E-state index in [1.54, 1.807) is 11.3 Å². The summed E-state index contributed by atoms with van der Waals surface area (Å²) >= 11 is 1.69. The van der Waals surface area contributed by atoms with E-state index in [1.165, 1.54) is 5.56 Å².